The van der Waals surface area contributed by atoms with Gasteiger partial charge in [0.1, 0.15) is 5.82 Å². The van der Waals surface area contributed by atoms with E-state index in [0.29, 0.717) is 0 Å². The van der Waals surface area contributed by atoms with E-state index in [1.807, 2.05) is 0 Å². The predicted molar refractivity (Wildman–Crippen MR) is 76.2 cm³/mol. The maximum Gasteiger partial charge on any atom is 0.338 e. The molecule has 0 atom stereocenters. The second kappa shape index (κ2) is 12.5. The Kier molecular flexibility index (Phi) is 11.6. The summed E-state index contributed by atoms with van der Waals surface area (Å²) in [6.07, 6.45) is 3.08. The Morgan fingerprint density at radius 3 is 2.35 bits per heavy atom. The number of aliphatic hydroxyl groups excluding tert-OH is 1. The van der Waals surface area contributed by atoms with Crippen LogP contribution in [0, 0.1) is 5.82 Å². The topological polar surface area (TPSA) is 95.6 Å². The molecule has 20 heavy (non-hydrogen) atoms. The van der Waals surface area contributed by atoms with Crippen molar-refractivity contribution in [2.75, 3.05) is 26.2 Å². The standard InChI is InChI=1S/C7H5FO2.C7H18N2O/c8-6-4-2-1-3-5(6)7(9)10;8-4-1-2-5-9-6-3-7-10/h1-4H,(H,9,10);9-10H,1-8H2. The molecule has 6 heteroatoms. The van der Waals surface area contributed by atoms with Crippen molar-refractivity contribution in [2.24, 2.45) is 5.73 Å². The first kappa shape index (κ1) is 18.5. The predicted octanol–water partition coefficient (Wildman–Crippen LogP) is 1.22. The van der Waals surface area contributed by atoms with Crippen LogP contribution in [0.2, 0.25) is 0 Å². The summed E-state index contributed by atoms with van der Waals surface area (Å²) in [7, 11) is 0. The summed E-state index contributed by atoms with van der Waals surface area (Å²) in [6, 6.07) is 5.26. The lowest BCUT2D eigenvalue weighted by Crippen LogP contribution is -2.18. The molecule has 0 saturated heterocycles. The Morgan fingerprint density at radius 2 is 1.85 bits per heavy atom. The highest BCUT2D eigenvalue weighted by Crippen LogP contribution is 2.04. The lowest BCUT2D eigenvalue weighted by molar-refractivity contribution is 0.0692. The first-order valence-corrected chi connectivity index (χ1v) is 6.63. The zero-order valence-electron chi connectivity index (χ0n) is 11.5. The fourth-order valence-corrected chi connectivity index (χ4v) is 1.36. The van der Waals surface area contributed by atoms with Gasteiger partial charge in [-0.15, -0.1) is 0 Å². The quantitative estimate of drug-likeness (QED) is 0.539. The van der Waals surface area contributed by atoms with E-state index < -0.39 is 11.8 Å². The summed E-state index contributed by atoms with van der Waals surface area (Å²) in [5, 5.41) is 19.9. The van der Waals surface area contributed by atoms with Gasteiger partial charge >= 0.3 is 5.97 Å². The zero-order chi connectivity index (χ0) is 15.2. The molecule has 1 aromatic rings. The van der Waals surface area contributed by atoms with Gasteiger partial charge in [-0.3, -0.25) is 0 Å². The fourth-order valence-electron chi connectivity index (χ4n) is 1.36. The lowest BCUT2D eigenvalue weighted by Gasteiger charge is -2.00. The number of halogens is 1. The summed E-state index contributed by atoms with van der Waals surface area (Å²) in [5.41, 5.74) is 5.01. The number of unbranched alkanes of at least 4 members (excludes halogenated alkanes) is 1. The molecular formula is C14H23FN2O3. The van der Waals surface area contributed by atoms with Crippen molar-refractivity contribution in [2.45, 2.75) is 19.3 Å². The largest absolute Gasteiger partial charge is 0.478 e. The van der Waals surface area contributed by atoms with Gasteiger partial charge in [0.25, 0.3) is 0 Å². The van der Waals surface area contributed by atoms with Crippen LogP contribution in [0.25, 0.3) is 0 Å². The number of hydrogen-bond donors (Lipinski definition) is 4. The molecule has 0 amide bonds. The van der Waals surface area contributed by atoms with Gasteiger partial charge in [0, 0.05) is 6.61 Å². The molecule has 0 aliphatic rings. The van der Waals surface area contributed by atoms with E-state index in [9.17, 15) is 9.18 Å². The minimum absolute atomic E-state index is 0.282. The number of nitrogens with two attached hydrogens (primary N) is 1. The van der Waals surface area contributed by atoms with Gasteiger partial charge in [0.05, 0.1) is 5.56 Å². The first-order valence-electron chi connectivity index (χ1n) is 6.63. The van der Waals surface area contributed by atoms with Gasteiger partial charge in [-0.2, -0.15) is 0 Å². The van der Waals surface area contributed by atoms with Crippen molar-refractivity contribution >= 4 is 5.97 Å². The van der Waals surface area contributed by atoms with Gasteiger partial charge in [-0.25, -0.2) is 9.18 Å². The first-order chi connectivity index (χ1) is 9.63. The number of carboxylic acids is 1. The molecule has 1 rings (SSSR count). The fraction of sp³-hybridized carbons (Fsp3) is 0.500. The minimum atomic E-state index is -1.24. The van der Waals surface area contributed by atoms with E-state index in [1.54, 1.807) is 0 Å². The molecule has 5 N–H and O–H groups in total. The van der Waals surface area contributed by atoms with Gasteiger partial charge in [0.15, 0.2) is 0 Å². The highest BCUT2D eigenvalue weighted by atomic mass is 19.1. The molecule has 0 fully saturated rings. The monoisotopic (exact) mass is 286 g/mol. The maximum atomic E-state index is 12.5. The average molecular weight is 286 g/mol. The minimum Gasteiger partial charge on any atom is -0.478 e. The summed E-state index contributed by atoms with van der Waals surface area (Å²) in [5.74, 6) is -1.94. The van der Waals surface area contributed by atoms with Gasteiger partial charge in [-0.05, 0) is 51.0 Å². The molecule has 0 aliphatic carbocycles. The third-order valence-corrected chi connectivity index (χ3v) is 2.42. The molecule has 5 nitrogen and oxygen atoms in total. The molecule has 0 aromatic heterocycles. The molecule has 1 aromatic carbocycles. The average Bonchev–Trinajstić information content (AvgIpc) is 2.44. The Hall–Kier alpha value is -1.50. The molecule has 0 spiro atoms. The summed E-state index contributed by atoms with van der Waals surface area (Å²) in [4.78, 5) is 10.2. The van der Waals surface area contributed by atoms with Crippen LogP contribution in [-0.4, -0.2) is 42.4 Å². The van der Waals surface area contributed by atoms with E-state index in [0.717, 1.165) is 45.0 Å². The SMILES string of the molecule is NCCCCNCCCO.O=C(O)c1ccccc1F. The third-order valence-electron chi connectivity index (χ3n) is 2.42. The maximum absolute atomic E-state index is 12.5. The smallest absolute Gasteiger partial charge is 0.338 e. The number of hydrogen-bond acceptors (Lipinski definition) is 4. The zero-order valence-corrected chi connectivity index (χ0v) is 11.5. The van der Waals surface area contributed by atoms with Crippen LogP contribution in [0.3, 0.4) is 0 Å². The third kappa shape index (κ3) is 9.43. The van der Waals surface area contributed by atoms with Crippen molar-refractivity contribution in [3.63, 3.8) is 0 Å². The Balaban J connectivity index is 0.000000361. The number of benzene rings is 1. The molecule has 114 valence electrons. The van der Waals surface area contributed by atoms with E-state index in [4.69, 9.17) is 15.9 Å². The number of rotatable bonds is 8. The van der Waals surface area contributed by atoms with E-state index in [1.165, 1.54) is 18.2 Å². The Morgan fingerprint density at radius 1 is 1.20 bits per heavy atom. The van der Waals surface area contributed by atoms with Gasteiger partial charge < -0.3 is 21.3 Å². The summed E-state index contributed by atoms with van der Waals surface area (Å²) >= 11 is 0. The van der Waals surface area contributed by atoms with E-state index in [2.05, 4.69) is 5.32 Å². The van der Waals surface area contributed by atoms with E-state index >= 15 is 0 Å². The molecule has 0 unspecified atom stereocenters. The number of nitrogens with one attached hydrogen (secondary N) is 1. The molecule has 0 radical (unpaired) electrons. The van der Waals surface area contributed by atoms with Gasteiger partial charge in [0.2, 0.25) is 0 Å². The van der Waals surface area contributed by atoms with Crippen molar-refractivity contribution < 1.29 is 19.4 Å². The number of aliphatic hydroxyl groups is 1. The van der Waals surface area contributed by atoms with Crippen LogP contribution in [0.1, 0.15) is 29.6 Å². The lowest BCUT2D eigenvalue weighted by atomic mass is 10.2. The van der Waals surface area contributed by atoms with Crippen LogP contribution >= 0.6 is 0 Å². The van der Waals surface area contributed by atoms with Crippen molar-refractivity contribution in [1.29, 1.82) is 0 Å². The van der Waals surface area contributed by atoms with E-state index in [-0.39, 0.29) is 12.2 Å². The molecule has 0 bridgehead atoms. The van der Waals surface area contributed by atoms with Crippen LogP contribution in [0.5, 0.6) is 0 Å². The number of carbonyl (C=O) groups is 1. The highest BCUT2D eigenvalue weighted by molar-refractivity contribution is 5.87. The summed E-state index contributed by atoms with van der Waals surface area (Å²) in [6.45, 7) is 3.00. The van der Waals surface area contributed by atoms with Crippen molar-refractivity contribution in [3.8, 4) is 0 Å². The van der Waals surface area contributed by atoms with Crippen LogP contribution in [-0.2, 0) is 0 Å². The van der Waals surface area contributed by atoms with Crippen LogP contribution in [0.4, 0.5) is 4.39 Å². The number of carboxylic acid groups (broad SMARTS) is 1. The molecule has 0 heterocycles. The Bertz CT molecular complexity index is 367. The van der Waals surface area contributed by atoms with Crippen LogP contribution in [0.15, 0.2) is 24.3 Å². The highest BCUT2D eigenvalue weighted by Gasteiger charge is 2.06. The normalized spacial score (nSPS) is 9.75. The second-order valence-electron chi connectivity index (χ2n) is 4.11. The summed E-state index contributed by atoms with van der Waals surface area (Å²) < 4.78 is 12.5. The van der Waals surface area contributed by atoms with Crippen molar-refractivity contribution in [1.82, 2.24) is 5.32 Å². The molecule has 0 saturated carbocycles. The van der Waals surface area contributed by atoms with Crippen molar-refractivity contribution in [3.05, 3.63) is 35.6 Å². The van der Waals surface area contributed by atoms with Crippen LogP contribution < -0.4 is 11.1 Å². The second-order valence-corrected chi connectivity index (χ2v) is 4.11. The number of aromatic carboxylic acids is 1. The Labute approximate surface area is 118 Å². The molecular weight excluding hydrogens is 263 g/mol. The van der Waals surface area contributed by atoms with Gasteiger partial charge in [-0.1, -0.05) is 12.1 Å². The molecule has 0 aliphatic heterocycles.